The van der Waals surface area contributed by atoms with Crippen molar-refractivity contribution in [2.24, 2.45) is 4.40 Å². The zero-order chi connectivity index (χ0) is 25.0. The van der Waals surface area contributed by atoms with Crippen molar-refractivity contribution in [2.45, 2.75) is 68.1 Å². The predicted octanol–water partition coefficient (Wildman–Crippen LogP) is 4.74. The number of sulfonamides is 1. The minimum absolute atomic E-state index is 0.0661. The third-order valence-corrected chi connectivity index (χ3v) is 8.78. The number of carbonyl (C=O) groups excluding carboxylic acids is 2. The van der Waals surface area contributed by atoms with Crippen molar-refractivity contribution in [3.8, 4) is 0 Å². The Balaban J connectivity index is 1.57. The van der Waals surface area contributed by atoms with Crippen LogP contribution in [0.5, 0.6) is 0 Å². The summed E-state index contributed by atoms with van der Waals surface area (Å²) in [7, 11) is -4.03. The number of carbonyl (C=O) groups is 2. The molecule has 4 rings (SSSR count). The molecule has 1 heterocycles. The zero-order valence-corrected chi connectivity index (χ0v) is 21.1. The molecule has 0 aromatic heterocycles. The maximum atomic E-state index is 13.4. The molecule has 186 valence electrons. The molecule has 1 saturated heterocycles. The molecular weight excluding hydrogens is 489 g/mol. The van der Waals surface area contributed by atoms with Crippen molar-refractivity contribution >= 4 is 44.5 Å². The van der Waals surface area contributed by atoms with E-state index in [1.807, 2.05) is 6.92 Å². The number of nitrogens with one attached hydrogen (secondary N) is 1. The van der Waals surface area contributed by atoms with Gasteiger partial charge in [0.15, 0.2) is 5.17 Å². The number of thioether (sulfide) groups is 1. The average Bonchev–Trinajstić information content (AvgIpc) is 3.14. The Hall–Kier alpha value is -2.72. The first-order valence-electron chi connectivity index (χ1n) is 11.8. The zero-order valence-electron chi connectivity index (χ0n) is 19.4. The van der Waals surface area contributed by atoms with Gasteiger partial charge in [0.05, 0.1) is 4.90 Å². The van der Waals surface area contributed by atoms with Crippen molar-refractivity contribution in [1.82, 2.24) is 4.90 Å². The summed E-state index contributed by atoms with van der Waals surface area (Å²) < 4.78 is 43.4. The maximum absolute atomic E-state index is 13.4. The quantitative estimate of drug-likeness (QED) is 0.572. The van der Waals surface area contributed by atoms with Gasteiger partial charge >= 0.3 is 0 Å². The molecule has 0 unspecified atom stereocenters. The fourth-order valence-electron chi connectivity index (χ4n) is 4.32. The third kappa shape index (κ3) is 6.10. The van der Waals surface area contributed by atoms with Crippen LogP contribution in [0.1, 0.15) is 51.0 Å². The molecule has 1 N–H and O–H groups in total. The van der Waals surface area contributed by atoms with Gasteiger partial charge < -0.3 is 5.32 Å². The molecule has 1 aliphatic carbocycles. The number of benzene rings is 2. The van der Waals surface area contributed by atoms with E-state index >= 15 is 0 Å². The minimum atomic E-state index is -4.03. The Bertz CT molecular complexity index is 1210. The first kappa shape index (κ1) is 25.4. The molecule has 2 aromatic carbocycles. The number of halogens is 1. The first-order chi connectivity index (χ1) is 16.8. The lowest BCUT2D eigenvalue weighted by atomic mass is 9.94. The molecule has 10 heteroatoms. The van der Waals surface area contributed by atoms with Gasteiger partial charge in [-0.25, -0.2) is 4.39 Å². The van der Waals surface area contributed by atoms with E-state index in [-0.39, 0.29) is 28.4 Å². The van der Waals surface area contributed by atoms with E-state index in [0.717, 1.165) is 55.9 Å². The minimum Gasteiger partial charge on any atom is -0.326 e. The van der Waals surface area contributed by atoms with Crippen molar-refractivity contribution in [1.29, 1.82) is 0 Å². The van der Waals surface area contributed by atoms with E-state index in [4.69, 9.17) is 0 Å². The normalized spacial score (nSPS) is 20.4. The number of aryl methyl sites for hydroxylation is 1. The van der Waals surface area contributed by atoms with Crippen LogP contribution in [0.3, 0.4) is 0 Å². The second-order valence-corrected chi connectivity index (χ2v) is 11.5. The van der Waals surface area contributed by atoms with Crippen LogP contribution in [-0.4, -0.2) is 41.6 Å². The molecular formula is C25H28FN3O4S2. The summed E-state index contributed by atoms with van der Waals surface area (Å²) in [5.74, 6) is -1.13. The fraction of sp³-hybridized carbons (Fsp3) is 0.400. The summed E-state index contributed by atoms with van der Waals surface area (Å²) >= 11 is 1.02. The van der Waals surface area contributed by atoms with Crippen LogP contribution in [0, 0.1) is 5.82 Å². The molecule has 35 heavy (non-hydrogen) atoms. The largest absolute Gasteiger partial charge is 0.326 e. The first-order valence-corrected chi connectivity index (χ1v) is 14.1. The predicted molar refractivity (Wildman–Crippen MR) is 135 cm³/mol. The third-order valence-electron chi connectivity index (χ3n) is 6.23. The summed E-state index contributed by atoms with van der Waals surface area (Å²) in [5.41, 5.74) is 1.43. The van der Waals surface area contributed by atoms with Gasteiger partial charge in [-0.2, -0.15) is 8.42 Å². The van der Waals surface area contributed by atoms with E-state index in [0.29, 0.717) is 5.69 Å². The molecule has 2 amide bonds. The van der Waals surface area contributed by atoms with E-state index < -0.39 is 27.0 Å². The number of amidine groups is 1. The second kappa shape index (κ2) is 10.9. The lowest BCUT2D eigenvalue weighted by Gasteiger charge is -2.30. The Morgan fingerprint density at radius 2 is 1.74 bits per heavy atom. The number of hydrogen-bond donors (Lipinski definition) is 1. The summed E-state index contributed by atoms with van der Waals surface area (Å²) in [6.45, 7) is 1.99. The van der Waals surface area contributed by atoms with Crippen LogP contribution in [0.2, 0.25) is 0 Å². The van der Waals surface area contributed by atoms with Gasteiger partial charge in [-0.05, 0) is 61.2 Å². The molecule has 2 aliphatic rings. The van der Waals surface area contributed by atoms with Crippen LogP contribution in [0.25, 0.3) is 0 Å². The SMILES string of the molecule is CCc1ccc(S(=O)(=O)N=C2S[C@@H](CC(=O)Nc3ccc(F)cc3)C(=O)N2C2CCCCC2)cc1. The number of anilines is 1. The summed E-state index contributed by atoms with van der Waals surface area (Å²) in [5, 5.41) is 2.01. The number of amides is 2. The highest BCUT2D eigenvalue weighted by Crippen LogP contribution is 2.36. The van der Waals surface area contributed by atoms with Gasteiger partial charge in [-0.1, -0.05) is 50.1 Å². The molecule has 7 nitrogen and oxygen atoms in total. The highest BCUT2D eigenvalue weighted by molar-refractivity contribution is 8.16. The molecule has 1 saturated carbocycles. The molecule has 1 aliphatic heterocycles. The van der Waals surface area contributed by atoms with E-state index in [9.17, 15) is 22.4 Å². The summed E-state index contributed by atoms with van der Waals surface area (Å²) in [4.78, 5) is 27.5. The highest BCUT2D eigenvalue weighted by Gasteiger charge is 2.43. The lowest BCUT2D eigenvalue weighted by molar-refractivity contribution is -0.130. The van der Waals surface area contributed by atoms with Crippen molar-refractivity contribution < 1.29 is 22.4 Å². The maximum Gasteiger partial charge on any atom is 0.284 e. The van der Waals surface area contributed by atoms with Gasteiger partial charge in [-0.15, -0.1) is 4.40 Å². The number of hydrogen-bond acceptors (Lipinski definition) is 5. The molecule has 0 radical (unpaired) electrons. The summed E-state index contributed by atoms with van der Waals surface area (Å²) in [6, 6.07) is 11.8. The lowest BCUT2D eigenvalue weighted by Crippen LogP contribution is -2.42. The van der Waals surface area contributed by atoms with Crippen molar-refractivity contribution in [3.63, 3.8) is 0 Å². The van der Waals surface area contributed by atoms with Gasteiger partial charge in [0.1, 0.15) is 11.1 Å². The molecule has 0 spiro atoms. The van der Waals surface area contributed by atoms with Gasteiger partial charge in [0.25, 0.3) is 10.0 Å². The van der Waals surface area contributed by atoms with Crippen LogP contribution in [0.4, 0.5) is 10.1 Å². The van der Waals surface area contributed by atoms with Crippen LogP contribution in [0.15, 0.2) is 57.8 Å². The Morgan fingerprint density at radius 3 is 2.37 bits per heavy atom. The number of nitrogens with zero attached hydrogens (tertiary/aromatic N) is 2. The van der Waals surface area contributed by atoms with Crippen LogP contribution < -0.4 is 5.32 Å². The van der Waals surface area contributed by atoms with E-state index in [1.54, 1.807) is 12.1 Å². The highest BCUT2D eigenvalue weighted by atomic mass is 32.2. The average molecular weight is 518 g/mol. The smallest absolute Gasteiger partial charge is 0.284 e. The molecule has 2 aromatic rings. The van der Waals surface area contributed by atoms with Crippen molar-refractivity contribution in [2.75, 3.05) is 5.32 Å². The molecule has 0 bridgehead atoms. The van der Waals surface area contributed by atoms with Gasteiger partial charge in [-0.3, -0.25) is 14.5 Å². The van der Waals surface area contributed by atoms with Gasteiger partial charge in [0.2, 0.25) is 11.8 Å². The van der Waals surface area contributed by atoms with Gasteiger partial charge in [0, 0.05) is 18.2 Å². The number of rotatable bonds is 7. The van der Waals surface area contributed by atoms with E-state index in [2.05, 4.69) is 9.71 Å². The monoisotopic (exact) mass is 517 g/mol. The Kier molecular flexibility index (Phi) is 7.91. The van der Waals surface area contributed by atoms with Crippen molar-refractivity contribution in [3.05, 3.63) is 59.9 Å². The second-order valence-electron chi connectivity index (χ2n) is 8.71. The fourth-order valence-corrected chi connectivity index (χ4v) is 6.72. The Morgan fingerprint density at radius 1 is 1.09 bits per heavy atom. The molecule has 2 fully saturated rings. The van der Waals surface area contributed by atoms with Crippen LogP contribution >= 0.6 is 11.8 Å². The van der Waals surface area contributed by atoms with E-state index in [1.165, 1.54) is 41.3 Å². The summed E-state index contributed by atoms with van der Waals surface area (Å²) in [6.07, 6.45) is 5.16. The van der Waals surface area contributed by atoms with Crippen LogP contribution in [-0.2, 0) is 26.0 Å². The Labute approximate surface area is 209 Å². The topological polar surface area (TPSA) is 95.9 Å². The molecule has 1 atom stereocenters. The standard InChI is InChI=1S/C25H28FN3O4S2/c1-2-17-8-14-21(15-9-17)35(32,33)28-25-29(20-6-4-3-5-7-20)24(31)22(34-25)16-23(30)27-19-12-10-18(26)11-13-19/h8-15,20,22H,2-7,16H2,1H3,(H,27,30)/t22-/m0/s1.